The molecule has 3 aromatic rings. The van der Waals surface area contributed by atoms with E-state index in [2.05, 4.69) is 47.3 Å². The first kappa shape index (κ1) is 19.2. The number of H-pyrrole nitrogens is 1. The fourth-order valence-electron chi connectivity index (χ4n) is 3.71. The second kappa shape index (κ2) is 8.91. The van der Waals surface area contributed by atoms with E-state index in [-0.39, 0.29) is 0 Å². The second-order valence-electron chi connectivity index (χ2n) is 7.31. The first-order valence-electron chi connectivity index (χ1n) is 9.85. The quantitative estimate of drug-likeness (QED) is 0.614. The minimum absolute atomic E-state index is 0.763. The monoisotopic (exact) mass is 395 g/mol. The zero-order valence-corrected chi connectivity index (χ0v) is 17.0. The van der Waals surface area contributed by atoms with Crippen molar-refractivity contribution in [3.63, 3.8) is 0 Å². The van der Waals surface area contributed by atoms with Crippen LogP contribution in [-0.2, 0) is 17.7 Å². The summed E-state index contributed by atoms with van der Waals surface area (Å²) in [5.74, 6) is 0. The molecule has 146 valence electrons. The lowest BCUT2D eigenvalue weighted by molar-refractivity contribution is 0.0342. The van der Waals surface area contributed by atoms with Crippen molar-refractivity contribution in [2.45, 2.75) is 19.9 Å². The van der Waals surface area contributed by atoms with Gasteiger partial charge in [0, 0.05) is 54.0 Å². The van der Waals surface area contributed by atoms with Gasteiger partial charge in [0.1, 0.15) is 0 Å². The van der Waals surface area contributed by atoms with Crippen molar-refractivity contribution < 1.29 is 4.74 Å². The molecule has 2 aromatic carbocycles. The summed E-state index contributed by atoms with van der Waals surface area (Å²) in [5, 5.41) is 1.96. The van der Waals surface area contributed by atoms with Gasteiger partial charge in [-0.3, -0.25) is 9.89 Å². The summed E-state index contributed by atoms with van der Waals surface area (Å²) < 4.78 is 5.44. The van der Waals surface area contributed by atoms with E-state index >= 15 is 0 Å². The fourth-order valence-corrected chi connectivity index (χ4v) is 3.88. The maximum atomic E-state index is 6.14. The molecular formula is C23H26ClN3O. The molecule has 0 saturated carbocycles. The molecule has 0 amide bonds. The Hall–Kier alpha value is -2.14. The number of halogens is 1. The topological polar surface area (TPSA) is 40.6 Å². The number of hydrogen-bond donors (Lipinski definition) is 1. The Bertz CT molecular complexity index is 973. The normalized spacial score (nSPS) is 16.0. The van der Waals surface area contributed by atoms with Crippen LogP contribution >= 0.6 is 11.6 Å². The molecular weight excluding hydrogens is 370 g/mol. The SMILES string of the molecule is CC(=NCCc1c[nH]c2ccc(Cl)cc12)c1cccc(CN2CCOCC2)c1. The Morgan fingerprint density at radius 3 is 2.89 bits per heavy atom. The minimum Gasteiger partial charge on any atom is -0.379 e. The third-order valence-electron chi connectivity index (χ3n) is 5.31. The average molecular weight is 396 g/mol. The maximum Gasteiger partial charge on any atom is 0.0594 e. The lowest BCUT2D eigenvalue weighted by Gasteiger charge is -2.26. The highest BCUT2D eigenvalue weighted by Crippen LogP contribution is 2.22. The third-order valence-corrected chi connectivity index (χ3v) is 5.55. The largest absolute Gasteiger partial charge is 0.379 e. The van der Waals surface area contributed by atoms with E-state index < -0.39 is 0 Å². The number of nitrogens with zero attached hydrogens (tertiary/aromatic N) is 2. The first-order valence-corrected chi connectivity index (χ1v) is 10.2. The third kappa shape index (κ3) is 4.64. The van der Waals surface area contributed by atoms with Crippen molar-refractivity contribution in [2.24, 2.45) is 4.99 Å². The Morgan fingerprint density at radius 2 is 2.04 bits per heavy atom. The van der Waals surface area contributed by atoms with E-state index in [4.69, 9.17) is 21.3 Å². The fraction of sp³-hybridized carbons (Fsp3) is 0.348. The molecule has 1 N–H and O–H groups in total. The smallest absolute Gasteiger partial charge is 0.0594 e. The number of aliphatic imine (C=N–C) groups is 1. The van der Waals surface area contributed by atoms with Crippen molar-refractivity contribution in [3.05, 3.63) is 70.4 Å². The Balaban J connectivity index is 1.40. The molecule has 0 unspecified atom stereocenters. The van der Waals surface area contributed by atoms with Crippen LogP contribution in [0, 0.1) is 0 Å². The van der Waals surface area contributed by atoms with Crippen LogP contribution in [0.2, 0.25) is 5.02 Å². The number of rotatable bonds is 6. The van der Waals surface area contributed by atoms with E-state index in [1.807, 2.05) is 18.2 Å². The molecule has 1 saturated heterocycles. The van der Waals surface area contributed by atoms with Crippen LogP contribution in [-0.4, -0.2) is 48.4 Å². The van der Waals surface area contributed by atoms with Gasteiger partial charge in [0.25, 0.3) is 0 Å². The van der Waals surface area contributed by atoms with Crippen LogP contribution in [0.3, 0.4) is 0 Å². The van der Waals surface area contributed by atoms with Crippen molar-refractivity contribution in [1.29, 1.82) is 0 Å². The van der Waals surface area contributed by atoms with Gasteiger partial charge in [-0.25, -0.2) is 0 Å². The van der Waals surface area contributed by atoms with Gasteiger partial charge >= 0.3 is 0 Å². The molecule has 1 aromatic heterocycles. The number of fused-ring (bicyclic) bond motifs is 1. The van der Waals surface area contributed by atoms with Crippen LogP contribution in [0.4, 0.5) is 0 Å². The van der Waals surface area contributed by atoms with Crippen molar-refractivity contribution in [3.8, 4) is 0 Å². The van der Waals surface area contributed by atoms with E-state index in [0.29, 0.717) is 0 Å². The summed E-state index contributed by atoms with van der Waals surface area (Å²) >= 11 is 6.14. The predicted molar refractivity (Wildman–Crippen MR) is 117 cm³/mol. The molecule has 5 heteroatoms. The summed E-state index contributed by atoms with van der Waals surface area (Å²) in [6.45, 7) is 7.51. The number of hydrogen-bond acceptors (Lipinski definition) is 3. The van der Waals surface area contributed by atoms with Crippen LogP contribution in [0.15, 0.2) is 53.7 Å². The molecule has 28 heavy (non-hydrogen) atoms. The number of morpholine rings is 1. The Kier molecular flexibility index (Phi) is 6.10. The summed E-state index contributed by atoms with van der Waals surface area (Å²) in [4.78, 5) is 10.6. The molecule has 4 rings (SSSR count). The van der Waals surface area contributed by atoms with Crippen molar-refractivity contribution in [2.75, 3.05) is 32.8 Å². The van der Waals surface area contributed by atoms with Gasteiger partial charge in [-0.1, -0.05) is 29.8 Å². The average Bonchev–Trinajstić information content (AvgIpc) is 3.11. The van der Waals surface area contributed by atoms with Gasteiger partial charge in [-0.05, 0) is 54.3 Å². The molecule has 0 bridgehead atoms. The zero-order valence-electron chi connectivity index (χ0n) is 16.2. The van der Waals surface area contributed by atoms with Crippen LogP contribution in [0.1, 0.15) is 23.6 Å². The number of aromatic amines is 1. The number of nitrogens with one attached hydrogen (secondary N) is 1. The van der Waals surface area contributed by atoms with Gasteiger partial charge in [-0.2, -0.15) is 0 Å². The number of aromatic nitrogens is 1. The van der Waals surface area contributed by atoms with Gasteiger partial charge in [0.05, 0.1) is 13.2 Å². The molecule has 2 heterocycles. The van der Waals surface area contributed by atoms with Crippen LogP contribution in [0.25, 0.3) is 10.9 Å². The molecule has 1 aliphatic rings. The predicted octanol–water partition coefficient (Wildman–Crippen LogP) is 4.71. The summed E-state index contributed by atoms with van der Waals surface area (Å²) in [5.41, 5.74) is 6.00. The van der Waals surface area contributed by atoms with Gasteiger partial charge in [0.15, 0.2) is 0 Å². The van der Waals surface area contributed by atoms with Crippen LogP contribution < -0.4 is 0 Å². The van der Waals surface area contributed by atoms with E-state index in [1.165, 1.54) is 22.1 Å². The van der Waals surface area contributed by atoms with Crippen LogP contribution in [0.5, 0.6) is 0 Å². The number of ether oxygens (including phenoxy) is 1. The van der Waals surface area contributed by atoms with E-state index in [0.717, 1.165) is 62.1 Å². The lowest BCUT2D eigenvalue weighted by atomic mass is 10.1. The second-order valence-corrected chi connectivity index (χ2v) is 7.75. The van der Waals surface area contributed by atoms with Gasteiger partial charge in [-0.15, -0.1) is 0 Å². The summed E-state index contributed by atoms with van der Waals surface area (Å²) in [6, 6.07) is 14.7. The molecule has 0 radical (unpaired) electrons. The zero-order chi connectivity index (χ0) is 19.3. The minimum atomic E-state index is 0.763. The summed E-state index contributed by atoms with van der Waals surface area (Å²) in [6.07, 6.45) is 2.96. The molecule has 0 spiro atoms. The highest BCUT2D eigenvalue weighted by atomic mass is 35.5. The van der Waals surface area contributed by atoms with E-state index in [1.54, 1.807) is 0 Å². The Morgan fingerprint density at radius 1 is 1.18 bits per heavy atom. The molecule has 0 atom stereocenters. The maximum absolute atomic E-state index is 6.14. The molecule has 1 fully saturated rings. The lowest BCUT2D eigenvalue weighted by Crippen LogP contribution is -2.35. The van der Waals surface area contributed by atoms with Crippen molar-refractivity contribution >= 4 is 28.2 Å². The molecule has 0 aliphatic carbocycles. The summed E-state index contributed by atoms with van der Waals surface area (Å²) in [7, 11) is 0. The first-order chi connectivity index (χ1) is 13.7. The van der Waals surface area contributed by atoms with Gasteiger partial charge in [0.2, 0.25) is 0 Å². The van der Waals surface area contributed by atoms with Gasteiger partial charge < -0.3 is 9.72 Å². The standard InChI is InChI=1S/C23H26ClN3O/c1-17(19-4-2-3-18(13-19)16-27-9-11-28-12-10-27)25-8-7-20-15-26-23-6-5-21(24)14-22(20)23/h2-6,13-15,26H,7-12,16H2,1H3. The number of benzene rings is 2. The molecule has 4 nitrogen and oxygen atoms in total. The van der Waals surface area contributed by atoms with Crippen molar-refractivity contribution in [1.82, 2.24) is 9.88 Å². The Labute approximate surface area is 171 Å². The van der Waals surface area contributed by atoms with E-state index in [9.17, 15) is 0 Å². The highest BCUT2D eigenvalue weighted by Gasteiger charge is 2.11. The highest BCUT2D eigenvalue weighted by molar-refractivity contribution is 6.31. The molecule has 1 aliphatic heterocycles.